The average Bonchev–Trinajstić information content (AvgIpc) is 2.30. The van der Waals surface area contributed by atoms with E-state index in [1.54, 1.807) is 5.32 Å². The van der Waals surface area contributed by atoms with E-state index in [-0.39, 0.29) is 13.1 Å². The number of rotatable bonds is 5. The lowest BCUT2D eigenvalue weighted by Gasteiger charge is -2.33. The quantitative estimate of drug-likeness (QED) is 0.601. The Bertz CT molecular complexity index is 400. The first-order valence-electron chi connectivity index (χ1n) is 5.76. The van der Waals surface area contributed by atoms with E-state index in [2.05, 4.69) is 5.32 Å². The molecule has 0 radical (unpaired) electrons. The molecule has 1 atom stereocenters. The molecule has 1 saturated heterocycles. The number of piperazine rings is 1. The first kappa shape index (κ1) is 16.2. The molecule has 1 unspecified atom stereocenters. The largest absolute Gasteiger partial charge is 0.481 e. The average molecular weight is 297 g/mol. The molecule has 1 aliphatic rings. The maximum atomic E-state index is 11.9. The summed E-state index contributed by atoms with van der Waals surface area (Å²) in [6.07, 6.45) is -5.03. The zero-order valence-electron chi connectivity index (χ0n) is 10.4. The van der Waals surface area contributed by atoms with Crippen LogP contribution in [0.15, 0.2) is 0 Å². The Morgan fingerprint density at radius 1 is 1.45 bits per heavy atom. The van der Waals surface area contributed by atoms with Gasteiger partial charge >= 0.3 is 12.1 Å². The van der Waals surface area contributed by atoms with Gasteiger partial charge in [-0.25, -0.2) is 0 Å². The van der Waals surface area contributed by atoms with Gasteiger partial charge in [-0.1, -0.05) is 0 Å². The number of carbonyl (C=O) groups is 3. The lowest BCUT2D eigenvalue weighted by atomic mass is 10.1. The number of nitrogens with zero attached hydrogens (tertiary/aromatic N) is 1. The van der Waals surface area contributed by atoms with Crippen LogP contribution in [-0.4, -0.2) is 66.2 Å². The number of carboxylic acids is 1. The minimum Gasteiger partial charge on any atom is -0.481 e. The molecule has 0 aliphatic carbocycles. The molecule has 0 aromatic carbocycles. The van der Waals surface area contributed by atoms with Crippen molar-refractivity contribution in [1.29, 1.82) is 0 Å². The molecule has 2 amide bonds. The summed E-state index contributed by atoms with van der Waals surface area (Å²) in [4.78, 5) is 34.8. The maximum absolute atomic E-state index is 11.9. The first-order valence-corrected chi connectivity index (χ1v) is 5.76. The van der Waals surface area contributed by atoms with Crippen molar-refractivity contribution < 1.29 is 32.7 Å². The Hall–Kier alpha value is -1.84. The van der Waals surface area contributed by atoms with Crippen LogP contribution in [0.1, 0.15) is 6.42 Å². The summed E-state index contributed by atoms with van der Waals surface area (Å²) in [5.41, 5.74) is 0. The molecule has 1 fully saturated rings. The second-order valence-corrected chi connectivity index (χ2v) is 4.27. The number of amides is 2. The van der Waals surface area contributed by atoms with E-state index in [4.69, 9.17) is 5.11 Å². The SMILES string of the molecule is O=C(O)CC1C(=O)NCCN1CC(=O)NCC(F)(F)F. The van der Waals surface area contributed by atoms with Gasteiger partial charge in [0, 0.05) is 13.1 Å². The van der Waals surface area contributed by atoms with Gasteiger partial charge in [0.25, 0.3) is 0 Å². The number of nitrogens with one attached hydrogen (secondary N) is 2. The minimum absolute atomic E-state index is 0.198. The number of carbonyl (C=O) groups excluding carboxylic acids is 2. The van der Waals surface area contributed by atoms with Crippen LogP contribution in [0.5, 0.6) is 0 Å². The molecule has 114 valence electrons. The van der Waals surface area contributed by atoms with Crippen LogP contribution in [0.3, 0.4) is 0 Å². The Labute approximate surface area is 112 Å². The molecule has 20 heavy (non-hydrogen) atoms. The summed E-state index contributed by atoms with van der Waals surface area (Å²) < 4.78 is 35.8. The van der Waals surface area contributed by atoms with Crippen LogP contribution < -0.4 is 10.6 Å². The number of aliphatic carboxylic acids is 1. The molecule has 1 rings (SSSR count). The zero-order valence-corrected chi connectivity index (χ0v) is 10.4. The predicted octanol–water partition coefficient (Wildman–Crippen LogP) is -1.06. The highest BCUT2D eigenvalue weighted by Crippen LogP contribution is 2.12. The van der Waals surface area contributed by atoms with Crippen molar-refractivity contribution >= 4 is 17.8 Å². The normalized spacial score (nSPS) is 20.4. The summed E-state index contributed by atoms with van der Waals surface area (Å²) in [5, 5.41) is 12.8. The van der Waals surface area contributed by atoms with Gasteiger partial charge in [-0.15, -0.1) is 0 Å². The summed E-state index contributed by atoms with van der Waals surface area (Å²) >= 11 is 0. The number of halogens is 3. The zero-order chi connectivity index (χ0) is 15.3. The maximum Gasteiger partial charge on any atom is 0.405 e. The highest BCUT2D eigenvalue weighted by atomic mass is 19.4. The Balaban J connectivity index is 2.56. The molecule has 1 aliphatic heterocycles. The van der Waals surface area contributed by atoms with E-state index < -0.39 is 49.5 Å². The summed E-state index contributed by atoms with van der Waals surface area (Å²) in [6.45, 7) is -1.51. The van der Waals surface area contributed by atoms with Gasteiger partial charge in [0.05, 0.1) is 13.0 Å². The van der Waals surface area contributed by atoms with Gasteiger partial charge in [0.2, 0.25) is 11.8 Å². The Kier molecular flexibility index (Phi) is 5.31. The molecule has 0 aromatic heterocycles. The Morgan fingerprint density at radius 3 is 2.65 bits per heavy atom. The van der Waals surface area contributed by atoms with E-state index in [9.17, 15) is 27.6 Å². The number of hydrogen-bond donors (Lipinski definition) is 3. The molecule has 0 bridgehead atoms. The van der Waals surface area contributed by atoms with Gasteiger partial charge in [0.1, 0.15) is 12.6 Å². The minimum atomic E-state index is -4.52. The molecule has 3 N–H and O–H groups in total. The van der Waals surface area contributed by atoms with E-state index in [1.165, 1.54) is 4.90 Å². The van der Waals surface area contributed by atoms with Crippen LogP contribution in [0.4, 0.5) is 13.2 Å². The van der Waals surface area contributed by atoms with Crippen molar-refractivity contribution in [3.63, 3.8) is 0 Å². The summed E-state index contributed by atoms with van der Waals surface area (Å²) in [7, 11) is 0. The third-order valence-corrected chi connectivity index (χ3v) is 2.64. The van der Waals surface area contributed by atoms with E-state index in [0.29, 0.717) is 0 Å². The molecule has 10 heteroatoms. The fourth-order valence-corrected chi connectivity index (χ4v) is 1.78. The molecule has 0 saturated carbocycles. The fourth-order valence-electron chi connectivity index (χ4n) is 1.78. The lowest BCUT2D eigenvalue weighted by Crippen LogP contribution is -2.58. The molecular weight excluding hydrogens is 283 g/mol. The van der Waals surface area contributed by atoms with Crippen LogP contribution in [0, 0.1) is 0 Å². The van der Waals surface area contributed by atoms with E-state index >= 15 is 0 Å². The van der Waals surface area contributed by atoms with Gasteiger partial charge in [-0.2, -0.15) is 13.2 Å². The van der Waals surface area contributed by atoms with E-state index in [0.717, 1.165) is 0 Å². The number of carboxylic acid groups (broad SMARTS) is 1. The Morgan fingerprint density at radius 2 is 2.10 bits per heavy atom. The second kappa shape index (κ2) is 6.55. The standard InChI is InChI=1S/C10H14F3N3O4/c11-10(12,13)5-15-7(17)4-16-2-1-14-9(20)6(16)3-8(18)19/h6H,1-5H2,(H,14,20)(H,15,17)(H,18,19). The molecule has 0 aromatic rings. The van der Waals surface area contributed by atoms with Crippen molar-refractivity contribution in [2.24, 2.45) is 0 Å². The number of hydrogen-bond acceptors (Lipinski definition) is 4. The smallest absolute Gasteiger partial charge is 0.405 e. The van der Waals surface area contributed by atoms with Gasteiger partial charge in [-0.3, -0.25) is 19.3 Å². The van der Waals surface area contributed by atoms with Gasteiger partial charge in [0.15, 0.2) is 0 Å². The topological polar surface area (TPSA) is 98.7 Å². The van der Waals surface area contributed by atoms with E-state index in [1.807, 2.05) is 0 Å². The van der Waals surface area contributed by atoms with Crippen molar-refractivity contribution in [2.75, 3.05) is 26.2 Å². The van der Waals surface area contributed by atoms with Gasteiger partial charge < -0.3 is 15.7 Å². The highest BCUT2D eigenvalue weighted by molar-refractivity contribution is 5.87. The number of alkyl halides is 3. The van der Waals surface area contributed by atoms with Crippen LogP contribution in [0.2, 0.25) is 0 Å². The van der Waals surface area contributed by atoms with Crippen molar-refractivity contribution in [3.8, 4) is 0 Å². The third kappa shape index (κ3) is 5.43. The van der Waals surface area contributed by atoms with Crippen LogP contribution >= 0.6 is 0 Å². The fraction of sp³-hybridized carbons (Fsp3) is 0.700. The third-order valence-electron chi connectivity index (χ3n) is 2.64. The molecule has 1 heterocycles. The molecule has 7 nitrogen and oxygen atoms in total. The highest BCUT2D eigenvalue weighted by Gasteiger charge is 2.33. The lowest BCUT2D eigenvalue weighted by molar-refractivity contribution is -0.145. The monoisotopic (exact) mass is 297 g/mol. The van der Waals surface area contributed by atoms with Crippen molar-refractivity contribution in [2.45, 2.75) is 18.6 Å². The molecular formula is C10H14F3N3O4. The predicted molar refractivity (Wildman–Crippen MR) is 59.7 cm³/mol. The first-order chi connectivity index (χ1) is 9.19. The second-order valence-electron chi connectivity index (χ2n) is 4.27. The van der Waals surface area contributed by atoms with Crippen molar-refractivity contribution in [1.82, 2.24) is 15.5 Å². The van der Waals surface area contributed by atoms with Crippen LogP contribution in [0.25, 0.3) is 0 Å². The molecule has 0 spiro atoms. The van der Waals surface area contributed by atoms with Crippen LogP contribution in [-0.2, 0) is 14.4 Å². The summed E-state index contributed by atoms with van der Waals surface area (Å²) in [6, 6.07) is -1.06. The van der Waals surface area contributed by atoms with Crippen molar-refractivity contribution in [3.05, 3.63) is 0 Å². The van der Waals surface area contributed by atoms with Gasteiger partial charge in [-0.05, 0) is 0 Å². The summed E-state index contributed by atoms with van der Waals surface area (Å²) in [5.74, 6) is -2.69.